The lowest BCUT2D eigenvalue weighted by Gasteiger charge is -2.27. The lowest BCUT2D eigenvalue weighted by Crippen LogP contribution is -2.13. The van der Waals surface area contributed by atoms with Crippen molar-refractivity contribution in [1.29, 1.82) is 0 Å². The molecule has 0 spiro atoms. The van der Waals surface area contributed by atoms with E-state index >= 15 is 0 Å². The monoisotopic (exact) mass is 434 g/mol. The highest BCUT2D eigenvalue weighted by atomic mass is 16.5. The van der Waals surface area contributed by atoms with E-state index in [9.17, 15) is 0 Å². The van der Waals surface area contributed by atoms with Gasteiger partial charge in [-0.2, -0.15) is 0 Å². The Labute approximate surface area is 199 Å². The molecule has 1 heteroatoms. The highest BCUT2D eigenvalue weighted by molar-refractivity contribution is 5.36. The Balaban J connectivity index is 1.72. The third-order valence-corrected chi connectivity index (χ3v) is 6.12. The van der Waals surface area contributed by atoms with Crippen LogP contribution in [0.3, 0.4) is 0 Å². The zero-order valence-corrected chi connectivity index (χ0v) is 19.8. The molecule has 4 rings (SSSR count). The minimum Gasteiger partial charge on any atom is -0.356 e. The van der Waals surface area contributed by atoms with Gasteiger partial charge in [0.05, 0.1) is 0 Å². The van der Waals surface area contributed by atoms with Gasteiger partial charge in [0.2, 0.25) is 0 Å². The smallest absolute Gasteiger partial charge is 0.109 e. The van der Waals surface area contributed by atoms with Gasteiger partial charge in [0.15, 0.2) is 0 Å². The van der Waals surface area contributed by atoms with E-state index in [1.807, 2.05) is 0 Å². The van der Waals surface area contributed by atoms with Gasteiger partial charge in [0.1, 0.15) is 12.2 Å². The van der Waals surface area contributed by atoms with E-state index in [0.29, 0.717) is 0 Å². The fourth-order valence-electron chi connectivity index (χ4n) is 4.39. The molecule has 0 amide bonds. The molecule has 168 valence electrons. The van der Waals surface area contributed by atoms with Gasteiger partial charge in [-0.25, -0.2) is 0 Å². The molecule has 0 fully saturated rings. The van der Waals surface area contributed by atoms with Crippen molar-refractivity contribution in [3.63, 3.8) is 0 Å². The van der Waals surface area contributed by atoms with Crippen molar-refractivity contribution >= 4 is 0 Å². The summed E-state index contributed by atoms with van der Waals surface area (Å²) in [4.78, 5) is 0. The van der Waals surface area contributed by atoms with Crippen molar-refractivity contribution in [2.24, 2.45) is 0 Å². The van der Waals surface area contributed by atoms with Crippen LogP contribution in [0.1, 0.15) is 72.3 Å². The molecule has 0 bridgehead atoms. The van der Waals surface area contributed by atoms with Gasteiger partial charge in [0, 0.05) is 0 Å². The molecule has 2 atom stereocenters. The molecule has 0 aliphatic rings. The Hall–Kier alpha value is -3.16. The van der Waals surface area contributed by atoms with Crippen molar-refractivity contribution < 1.29 is 4.74 Å². The average molecular weight is 435 g/mol. The summed E-state index contributed by atoms with van der Waals surface area (Å²) in [6.45, 7) is 4.44. The van der Waals surface area contributed by atoms with Crippen LogP contribution in [-0.2, 0) is 17.6 Å². The van der Waals surface area contributed by atoms with Gasteiger partial charge in [-0.05, 0) is 46.2 Å². The molecular formula is C32H34O. The first kappa shape index (κ1) is 23.0. The van der Waals surface area contributed by atoms with Crippen LogP contribution in [0.5, 0.6) is 0 Å². The standard InChI is InChI=1S/C32H34O/c1-3-11-25-17-21-29(22-18-25)31(27-13-7-5-8-14-27)33-32(28-15-9-6-10-16-28)30-23-19-26(12-4-2)20-24-30/h5-10,13-24,31-32H,3-4,11-12H2,1-2H3. The summed E-state index contributed by atoms with van der Waals surface area (Å²) in [6.07, 6.45) is 4.22. The highest BCUT2D eigenvalue weighted by Gasteiger charge is 2.23. The first-order valence-electron chi connectivity index (χ1n) is 12.2. The van der Waals surface area contributed by atoms with Gasteiger partial charge >= 0.3 is 0 Å². The number of rotatable bonds is 10. The molecule has 0 radical (unpaired) electrons. The minimum absolute atomic E-state index is 0.151. The SMILES string of the molecule is CCCc1ccc(C(OC(c2ccccc2)c2ccc(CCC)cc2)c2ccccc2)cc1. The fourth-order valence-corrected chi connectivity index (χ4v) is 4.39. The van der Waals surface area contributed by atoms with E-state index < -0.39 is 0 Å². The summed E-state index contributed by atoms with van der Waals surface area (Å²) in [5, 5.41) is 0. The second-order valence-electron chi connectivity index (χ2n) is 8.70. The van der Waals surface area contributed by atoms with Crippen LogP contribution in [0.25, 0.3) is 0 Å². The zero-order valence-electron chi connectivity index (χ0n) is 19.8. The van der Waals surface area contributed by atoms with Crippen LogP contribution in [0.2, 0.25) is 0 Å². The Morgan fingerprint density at radius 2 is 0.788 bits per heavy atom. The topological polar surface area (TPSA) is 9.23 Å². The van der Waals surface area contributed by atoms with Crippen molar-refractivity contribution in [1.82, 2.24) is 0 Å². The predicted octanol–water partition coefficient (Wildman–Crippen LogP) is 8.49. The molecule has 0 N–H and O–H groups in total. The van der Waals surface area contributed by atoms with Crippen LogP contribution >= 0.6 is 0 Å². The lowest BCUT2D eigenvalue weighted by molar-refractivity contribution is 0.0308. The molecule has 4 aromatic carbocycles. The Bertz CT molecular complexity index is 992. The van der Waals surface area contributed by atoms with Gasteiger partial charge < -0.3 is 4.74 Å². The van der Waals surface area contributed by atoms with Gasteiger partial charge in [0.25, 0.3) is 0 Å². The highest BCUT2D eigenvalue weighted by Crippen LogP contribution is 2.36. The van der Waals surface area contributed by atoms with E-state index in [1.165, 1.54) is 33.4 Å². The largest absolute Gasteiger partial charge is 0.356 e. The molecule has 0 saturated heterocycles. The summed E-state index contributed by atoms with van der Waals surface area (Å²) >= 11 is 0. The maximum atomic E-state index is 6.99. The number of aryl methyl sites for hydroxylation is 2. The normalized spacial score (nSPS) is 12.9. The lowest BCUT2D eigenvalue weighted by atomic mass is 9.96. The third kappa shape index (κ3) is 6.00. The minimum atomic E-state index is -0.151. The Morgan fingerprint density at radius 1 is 0.455 bits per heavy atom. The molecule has 33 heavy (non-hydrogen) atoms. The maximum absolute atomic E-state index is 6.99. The molecule has 2 unspecified atom stereocenters. The summed E-state index contributed by atoms with van der Waals surface area (Å²) in [5.74, 6) is 0. The Morgan fingerprint density at radius 3 is 1.12 bits per heavy atom. The number of benzene rings is 4. The van der Waals surface area contributed by atoms with Crippen LogP contribution < -0.4 is 0 Å². The molecule has 4 aromatic rings. The molecule has 0 saturated carbocycles. The second-order valence-corrected chi connectivity index (χ2v) is 8.70. The van der Waals surface area contributed by atoms with Crippen molar-refractivity contribution in [2.75, 3.05) is 0 Å². The zero-order chi connectivity index (χ0) is 22.9. The summed E-state index contributed by atoms with van der Waals surface area (Å²) in [7, 11) is 0. The molecule has 0 aliphatic heterocycles. The van der Waals surface area contributed by atoms with Gasteiger partial charge in [-0.3, -0.25) is 0 Å². The fraction of sp³-hybridized carbons (Fsp3) is 0.250. The number of hydrogen-bond donors (Lipinski definition) is 0. The molecule has 1 nitrogen and oxygen atoms in total. The van der Waals surface area contributed by atoms with Crippen LogP contribution in [0.4, 0.5) is 0 Å². The summed E-state index contributed by atoms with van der Waals surface area (Å²) in [6, 6.07) is 39.0. The Kier molecular flexibility index (Phi) is 8.11. The van der Waals surface area contributed by atoms with Crippen molar-refractivity contribution in [3.8, 4) is 0 Å². The van der Waals surface area contributed by atoms with Gasteiger partial charge in [-0.1, -0.05) is 136 Å². The quantitative estimate of drug-likeness (QED) is 0.243. The maximum Gasteiger partial charge on any atom is 0.109 e. The van der Waals surface area contributed by atoms with E-state index in [-0.39, 0.29) is 12.2 Å². The van der Waals surface area contributed by atoms with Crippen molar-refractivity contribution in [2.45, 2.75) is 51.7 Å². The second kappa shape index (κ2) is 11.6. The third-order valence-electron chi connectivity index (χ3n) is 6.12. The van der Waals surface area contributed by atoms with E-state index in [0.717, 1.165) is 25.7 Å². The predicted molar refractivity (Wildman–Crippen MR) is 139 cm³/mol. The average Bonchev–Trinajstić information content (AvgIpc) is 2.88. The molecule has 0 aromatic heterocycles. The van der Waals surface area contributed by atoms with E-state index in [1.54, 1.807) is 0 Å². The van der Waals surface area contributed by atoms with Crippen LogP contribution in [-0.4, -0.2) is 0 Å². The first-order chi connectivity index (χ1) is 16.3. The molecule has 0 aliphatic carbocycles. The first-order valence-corrected chi connectivity index (χ1v) is 12.2. The molecular weight excluding hydrogens is 400 g/mol. The van der Waals surface area contributed by atoms with Crippen LogP contribution in [0, 0.1) is 0 Å². The number of ether oxygens (including phenoxy) is 1. The number of hydrogen-bond acceptors (Lipinski definition) is 1. The van der Waals surface area contributed by atoms with E-state index in [2.05, 4.69) is 123 Å². The van der Waals surface area contributed by atoms with Crippen molar-refractivity contribution in [3.05, 3.63) is 143 Å². The van der Waals surface area contributed by atoms with E-state index in [4.69, 9.17) is 4.74 Å². The van der Waals surface area contributed by atoms with Gasteiger partial charge in [-0.15, -0.1) is 0 Å². The molecule has 0 heterocycles. The summed E-state index contributed by atoms with van der Waals surface area (Å²) < 4.78 is 6.99. The van der Waals surface area contributed by atoms with Crippen LogP contribution in [0.15, 0.2) is 109 Å². The summed E-state index contributed by atoms with van der Waals surface area (Å²) in [5.41, 5.74) is 7.46.